The van der Waals surface area contributed by atoms with Crippen LogP contribution in [-0.2, 0) is 9.53 Å². The van der Waals surface area contributed by atoms with Gasteiger partial charge in [-0.15, -0.1) is 11.3 Å². The number of esters is 1. The van der Waals surface area contributed by atoms with E-state index in [0.29, 0.717) is 10.6 Å². The highest BCUT2D eigenvalue weighted by Crippen LogP contribution is 2.16. The van der Waals surface area contributed by atoms with E-state index in [-0.39, 0.29) is 37.8 Å². The van der Waals surface area contributed by atoms with Crippen LogP contribution < -0.4 is 4.74 Å². The highest BCUT2D eigenvalue weighted by molar-refractivity contribution is 9.10. The SMILES string of the molecule is O=C(CCC(=O)c1cccs1)OCCOc1ccc(Br)cc1. The lowest BCUT2D eigenvalue weighted by molar-refractivity contribution is -0.144. The summed E-state index contributed by atoms with van der Waals surface area (Å²) in [6, 6.07) is 11.0. The Morgan fingerprint density at radius 2 is 1.82 bits per heavy atom. The van der Waals surface area contributed by atoms with Gasteiger partial charge in [-0.25, -0.2) is 0 Å². The first-order valence-electron chi connectivity index (χ1n) is 6.76. The zero-order chi connectivity index (χ0) is 15.8. The van der Waals surface area contributed by atoms with E-state index >= 15 is 0 Å². The van der Waals surface area contributed by atoms with Crippen LogP contribution in [0.3, 0.4) is 0 Å². The lowest BCUT2D eigenvalue weighted by Gasteiger charge is -2.07. The molecule has 2 aromatic rings. The van der Waals surface area contributed by atoms with Crippen LogP contribution in [0.4, 0.5) is 0 Å². The summed E-state index contributed by atoms with van der Waals surface area (Å²) in [5, 5.41) is 1.84. The maximum atomic E-state index is 11.7. The largest absolute Gasteiger partial charge is 0.490 e. The monoisotopic (exact) mass is 382 g/mol. The first-order valence-corrected chi connectivity index (χ1v) is 8.43. The third-order valence-corrected chi connectivity index (χ3v) is 4.22. The molecule has 1 heterocycles. The topological polar surface area (TPSA) is 52.6 Å². The Bertz CT molecular complexity index is 608. The molecule has 0 aliphatic carbocycles. The fourth-order valence-corrected chi connectivity index (χ4v) is 2.65. The zero-order valence-corrected chi connectivity index (χ0v) is 14.2. The van der Waals surface area contributed by atoms with Crippen molar-refractivity contribution in [2.45, 2.75) is 12.8 Å². The van der Waals surface area contributed by atoms with E-state index in [1.54, 1.807) is 6.07 Å². The number of rotatable bonds is 8. The van der Waals surface area contributed by atoms with Gasteiger partial charge in [0.2, 0.25) is 0 Å². The van der Waals surface area contributed by atoms with Gasteiger partial charge in [-0.1, -0.05) is 22.0 Å². The van der Waals surface area contributed by atoms with Crippen LogP contribution in [0.15, 0.2) is 46.3 Å². The molecule has 4 nitrogen and oxygen atoms in total. The van der Waals surface area contributed by atoms with Crippen LogP contribution >= 0.6 is 27.3 Å². The van der Waals surface area contributed by atoms with Gasteiger partial charge >= 0.3 is 5.97 Å². The van der Waals surface area contributed by atoms with Crippen LogP contribution in [0, 0.1) is 0 Å². The highest BCUT2D eigenvalue weighted by atomic mass is 79.9. The number of benzene rings is 1. The van der Waals surface area contributed by atoms with Crippen LogP contribution in [0.25, 0.3) is 0 Å². The Balaban J connectivity index is 1.59. The molecule has 0 aliphatic rings. The van der Waals surface area contributed by atoms with Crippen LogP contribution in [0.5, 0.6) is 5.75 Å². The second-order valence-corrected chi connectivity index (χ2v) is 6.29. The van der Waals surface area contributed by atoms with Crippen molar-refractivity contribution in [3.05, 3.63) is 51.1 Å². The lowest BCUT2D eigenvalue weighted by Crippen LogP contribution is -2.13. The molecule has 0 fully saturated rings. The van der Waals surface area contributed by atoms with Crippen molar-refractivity contribution in [3.63, 3.8) is 0 Å². The molecule has 0 radical (unpaired) electrons. The number of thiophene rings is 1. The second kappa shape index (κ2) is 8.70. The van der Waals surface area contributed by atoms with Crippen molar-refractivity contribution in [1.82, 2.24) is 0 Å². The molecular weight excluding hydrogens is 368 g/mol. The molecule has 0 saturated carbocycles. The predicted molar refractivity (Wildman–Crippen MR) is 88.5 cm³/mol. The van der Waals surface area contributed by atoms with Gasteiger partial charge in [0, 0.05) is 10.9 Å². The van der Waals surface area contributed by atoms with Gasteiger partial charge in [0.15, 0.2) is 5.78 Å². The molecule has 0 atom stereocenters. The maximum absolute atomic E-state index is 11.7. The third kappa shape index (κ3) is 5.61. The number of ether oxygens (including phenoxy) is 2. The summed E-state index contributed by atoms with van der Waals surface area (Å²) >= 11 is 4.72. The van der Waals surface area contributed by atoms with E-state index in [2.05, 4.69) is 15.9 Å². The summed E-state index contributed by atoms with van der Waals surface area (Å²) in [6.07, 6.45) is 0.266. The Kier molecular flexibility index (Phi) is 6.61. The van der Waals surface area contributed by atoms with E-state index in [1.807, 2.05) is 35.7 Å². The molecule has 0 unspecified atom stereocenters. The standard InChI is InChI=1S/C16H15BrO4S/c17-12-3-5-13(6-4-12)20-9-10-21-16(19)8-7-14(18)15-2-1-11-22-15/h1-6,11H,7-10H2. The number of hydrogen-bond acceptors (Lipinski definition) is 5. The first kappa shape index (κ1) is 16.7. The van der Waals surface area contributed by atoms with E-state index in [0.717, 1.165) is 4.47 Å². The molecule has 1 aromatic carbocycles. The fourth-order valence-electron chi connectivity index (χ4n) is 1.69. The molecule has 0 spiro atoms. The molecule has 0 bridgehead atoms. The van der Waals surface area contributed by atoms with Crippen LogP contribution in [0.1, 0.15) is 22.5 Å². The Hall–Kier alpha value is -1.66. The van der Waals surface area contributed by atoms with Gasteiger partial charge in [0.25, 0.3) is 0 Å². The fraction of sp³-hybridized carbons (Fsp3) is 0.250. The first-order chi connectivity index (χ1) is 10.6. The molecule has 1 aromatic heterocycles. The normalized spacial score (nSPS) is 10.2. The smallest absolute Gasteiger partial charge is 0.306 e. The van der Waals surface area contributed by atoms with Crippen molar-refractivity contribution in [1.29, 1.82) is 0 Å². The van der Waals surface area contributed by atoms with Crippen molar-refractivity contribution >= 4 is 39.0 Å². The summed E-state index contributed by atoms with van der Waals surface area (Å²) in [7, 11) is 0. The molecule has 0 N–H and O–H groups in total. The van der Waals surface area contributed by atoms with Gasteiger partial charge in [0.1, 0.15) is 19.0 Å². The minimum atomic E-state index is -0.385. The Labute approximate surface area is 141 Å². The number of ketones is 1. The van der Waals surface area contributed by atoms with Crippen LogP contribution in [-0.4, -0.2) is 25.0 Å². The van der Waals surface area contributed by atoms with Crippen molar-refractivity contribution in [2.75, 3.05) is 13.2 Å². The number of carbonyl (C=O) groups is 2. The van der Waals surface area contributed by atoms with E-state index in [1.165, 1.54) is 11.3 Å². The summed E-state index contributed by atoms with van der Waals surface area (Å²) < 4.78 is 11.4. The molecule has 0 amide bonds. The maximum Gasteiger partial charge on any atom is 0.306 e. The van der Waals surface area contributed by atoms with Gasteiger partial charge in [-0.05, 0) is 35.7 Å². The Morgan fingerprint density at radius 1 is 1.05 bits per heavy atom. The van der Waals surface area contributed by atoms with Gasteiger partial charge < -0.3 is 9.47 Å². The van der Waals surface area contributed by atoms with Gasteiger partial charge in [0.05, 0.1) is 11.3 Å². The average Bonchev–Trinajstić information content (AvgIpc) is 3.05. The summed E-state index contributed by atoms with van der Waals surface area (Å²) in [4.78, 5) is 23.9. The minimum absolute atomic E-state index is 0.0296. The predicted octanol–water partition coefficient (Wildman–Crippen LogP) is 4.10. The third-order valence-electron chi connectivity index (χ3n) is 2.78. The minimum Gasteiger partial charge on any atom is -0.490 e. The summed E-state index contributed by atoms with van der Waals surface area (Å²) in [6.45, 7) is 0.453. The van der Waals surface area contributed by atoms with Crippen molar-refractivity contribution in [3.8, 4) is 5.75 Å². The van der Waals surface area contributed by atoms with E-state index in [9.17, 15) is 9.59 Å². The summed E-state index contributed by atoms with van der Waals surface area (Å²) in [5.41, 5.74) is 0. The van der Waals surface area contributed by atoms with Crippen molar-refractivity contribution < 1.29 is 19.1 Å². The Morgan fingerprint density at radius 3 is 2.50 bits per heavy atom. The van der Waals surface area contributed by atoms with Gasteiger partial charge in [-0.2, -0.15) is 0 Å². The molecule has 0 aliphatic heterocycles. The second-order valence-electron chi connectivity index (χ2n) is 4.42. The number of Topliss-reactive ketones (excluding diaryl/α,β-unsaturated/α-hetero) is 1. The lowest BCUT2D eigenvalue weighted by atomic mass is 10.2. The molecule has 6 heteroatoms. The molecule has 116 valence electrons. The highest BCUT2D eigenvalue weighted by Gasteiger charge is 2.10. The van der Waals surface area contributed by atoms with E-state index in [4.69, 9.17) is 9.47 Å². The molecular formula is C16H15BrO4S. The van der Waals surface area contributed by atoms with Crippen LogP contribution in [0.2, 0.25) is 0 Å². The molecule has 0 saturated heterocycles. The molecule has 2 rings (SSSR count). The number of halogens is 1. The quantitative estimate of drug-likeness (QED) is 0.391. The van der Waals surface area contributed by atoms with E-state index < -0.39 is 0 Å². The summed E-state index contributed by atoms with van der Waals surface area (Å²) in [5.74, 6) is 0.300. The molecule has 22 heavy (non-hydrogen) atoms. The average molecular weight is 383 g/mol. The number of hydrogen-bond donors (Lipinski definition) is 0. The zero-order valence-electron chi connectivity index (χ0n) is 11.8. The van der Waals surface area contributed by atoms with Gasteiger partial charge in [-0.3, -0.25) is 9.59 Å². The van der Waals surface area contributed by atoms with Crippen molar-refractivity contribution in [2.24, 2.45) is 0 Å². The number of carbonyl (C=O) groups excluding carboxylic acids is 2.